The summed E-state index contributed by atoms with van der Waals surface area (Å²) >= 11 is 0. The Kier molecular flexibility index (Phi) is 7.81. The Balaban J connectivity index is 1.52. The van der Waals surface area contributed by atoms with Gasteiger partial charge in [-0.15, -0.1) is 0 Å². The van der Waals surface area contributed by atoms with Crippen LogP contribution in [0, 0.1) is 5.92 Å². The third-order valence-corrected chi connectivity index (χ3v) is 5.62. The topological polar surface area (TPSA) is 86.3 Å². The Hall–Kier alpha value is -3.42. The maximum Gasteiger partial charge on any atom is 0.225 e. The van der Waals surface area contributed by atoms with Crippen LogP contribution in [-0.2, 0) is 22.6 Å². The van der Waals surface area contributed by atoms with E-state index in [1.807, 2.05) is 30.3 Å². The van der Waals surface area contributed by atoms with Crippen molar-refractivity contribution in [1.29, 1.82) is 0 Å². The zero-order chi connectivity index (χ0) is 23.1. The van der Waals surface area contributed by atoms with Gasteiger partial charge in [-0.05, 0) is 41.8 Å². The monoisotopic (exact) mass is 442 g/mol. The first-order valence-electron chi connectivity index (χ1n) is 10.5. The van der Waals surface area contributed by atoms with E-state index in [1.54, 1.807) is 39.4 Å². The molecule has 1 saturated heterocycles. The average molecular weight is 443 g/mol. The number of carbonyl (C=O) groups excluding carboxylic acids is 2. The van der Waals surface area contributed by atoms with Crippen molar-refractivity contribution in [2.45, 2.75) is 19.4 Å². The molecule has 1 aliphatic heterocycles. The highest BCUT2D eigenvalue weighted by molar-refractivity contribution is 5.89. The summed E-state index contributed by atoms with van der Waals surface area (Å²) in [4.78, 5) is 26.8. The van der Waals surface area contributed by atoms with Crippen molar-refractivity contribution in [3.63, 3.8) is 0 Å². The first kappa shape index (κ1) is 23.2. The van der Waals surface area contributed by atoms with E-state index in [2.05, 4.69) is 5.32 Å². The second-order valence-corrected chi connectivity index (χ2v) is 7.59. The molecule has 1 heterocycles. The van der Waals surface area contributed by atoms with Crippen LogP contribution in [0.2, 0.25) is 0 Å². The fraction of sp³-hybridized carbons (Fsp3) is 0.417. The molecule has 0 radical (unpaired) electrons. The number of carbonyl (C=O) groups is 2. The van der Waals surface area contributed by atoms with E-state index >= 15 is 0 Å². The lowest BCUT2D eigenvalue weighted by Crippen LogP contribution is -2.33. The van der Waals surface area contributed by atoms with Crippen molar-refractivity contribution in [3.05, 3.63) is 47.5 Å². The minimum atomic E-state index is -0.354. The molecule has 1 aliphatic rings. The summed E-state index contributed by atoms with van der Waals surface area (Å²) in [5.41, 5.74) is 1.93. The molecule has 3 rings (SSSR count). The fourth-order valence-corrected chi connectivity index (χ4v) is 3.79. The second-order valence-electron chi connectivity index (χ2n) is 7.59. The largest absolute Gasteiger partial charge is 0.493 e. The van der Waals surface area contributed by atoms with E-state index in [0.29, 0.717) is 49.1 Å². The molecule has 2 aromatic rings. The maximum atomic E-state index is 12.6. The predicted molar refractivity (Wildman–Crippen MR) is 119 cm³/mol. The summed E-state index contributed by atoms with van der Waals surface area (Å²) in [6, 6.07) is 11.2. The van der Waals surface area contributed by atoms with Gasteiger partial charge in [-0.25, -0.2) is 0 Å². The molecule has 2 aromatic carbocycles. The Morgan fingerprint density at radius 2 is 1.47 bits per heavy atom. The number of nitrogens with zero attached hydrogens (tertiary/aromatic N) is 1. The minimum absolute atomic E-state index is 0.00302. The van der Waals surface area contributed by atoms with Gasteiger partial charge in [-0.1, -0.05) is 12.1 Å². The van der Waals surface area contributed by atoms with Crippen LogP contribution in [0.1, 0.15) is 17.5 Å². The zero-order valence-corrected chi connectivity index (χ0v) is 19.0. The van der Waals surface area contributed by atoms with E-state index in [4.69, 9.17) is 18.9 Å². The SMILES string of the molecule is COc1ccc(CCN2C[C@H](C(=O)NCc3ccc(OC)c(OC)c3)CC2=O)cc1OC. The van der Waals surface area contributed by atoms with Gasteiger partial charge in [0, 0.05) is 26.1 Å². The number of hydrogen-bond acceptors (Lipinski definition) is 6. The standard InChI is InChI=1S/C24H30N2O6/c1-29-19-7-5-16(11-21(19)31-3)9-10-26-15-18(13-23(26)27)24(28)25-14-17-6-8-20(30-2)22(12-17)32-4/h5-8,11-12,18H,9-10,13-15H2,1-4H3,(H,25,28)/t18-/m1/s1. The van der Waals surface area contributed by atoms with Gasteiger partial charge >= 0.3 is 0 Å². The minimum Gasteiger partial charge on any atom is -0.493 e. The number of amides is 2. The lowest BCUT2D eigenvalue weighted by molar-refractivity contribution is -0.129. The molecule has 0 spiro atoms. The van der Waals surface area contributed by atoms with E-state index in [-0.39, 0.29) is 24.2 Å². The van der Waals surface area contributed by atoms with Crippen molar-refractivity contribution >= 4 is 11.8 Å². The smallest absolute Gasteiger partial charge is 0.225 e. The molecular formula is C24H30N2O6. The third-order valence-electron chi connectivity index (χ3n) is 5.62. The number of methoxy groups -OCH3 is 4. The van der Waals surface area contributed by atoms with Crippen LogP contribution < -0.4 is 24.3 Å². The number of likely N-dealkylation sites (tertiary alicyclic amines) is 1. The van der Waals surface area contributed by atoms with Crippen LogP contribution in [-0.4, -0.2) is 58.2 Å². The van der Waals surface area contributed by atoms with E-state index < -0.39 is 0 Å². The lowest BCUT2D eigenvalue weighted by atomic mass is 10.1. The maximum absolute atomic E-state index is 12.6. The molecular weight excluding hydrogens is 412 g/mol. The number of hydrogen-bond donors (Lipinski definition) is 1. The highest BCUT2D eigenvalue weighted by atomic mass is 16.5. The van der Waals surface area contributed by atoms with Crippen LogP contribution in [0.3, 0.4) is 0 Å². The van der Waals surface area contributed by atoms with Gasteiger partial charge in [0.1, 0.15) is 0 Å². The molecule has 0 aromatic heterocycles. The van der Waals surface area contributed by atoms with Gasteiger partial charge in [0.05, 0.1) is 34.4 Å². The van der Waals surface area contributed by atoms with Gasteiger partial charge in [0.2, 0.25) is 11.8 Å². The van der Waals surface area contributed by atoms with E-state index in [1.165, 1.54) is 0 Å². The first-order chi connectivity index (χ1) is 15.5. The van der Waals surface area contributed by atoms with Crippen LogP contribution in [0.5, 0.6) is 23.0 Å². The van der Waals surface area contributed by atoms with Crippen molar-refractivity contribution in [2.75, 3.05) is 41.5 Å². The number of rotatable bonds is 10. The van der Waals surface area contributed by atoms with Crippen LogP contribution in [0.25, 0.3) is 0 Å². The second kappa shape index (κ2) is 10.7. The molecule has 8 heteroatoms. The van der Waals surface area contributed by atoms with Crippen LogP contribution in [0.15, 0.2) is 36.4 Å². The predicted octanol–water partition coefficient (Wildman–Crippen LogP) is 2.43. The van der Waals surface area contributed by atoms with Crippen molar-refractivity contribution in [3.8, 4) is 23.0 Å². The Labute approximate surface area is 188 Å². The van der Waals surface area contributed by atoms with E-state index in [0.717, 1.165) is 11.1 Å². The molecule has 0 bridgehead atoms. The summed E-state index contributed by atoms with van der Waals surface area (Å²) in [6.45, 7) is 1.33. The Bertz CT molecular complexity index is 962. The Morgan fingerprint density at radius 3 is 2.06 bits per heavy atom. The highest BCUT2D eigenvalue weighted by Crippen LogP contribution is 2.29. The summed E-state index contributed by atoms with van der Waals surface area (Å²) in [5.74, 6) is 2.09. The molecule has 0 aliphatic carbocycles. The Morgan fingerprint density at radius 1 is 0.906 bits per heavy atom. The molecule has 32 heavy (non-hydrogen) atoms. The number of ether oxygens (including phenoxy) is 4. The van der Waals surface area contributed by atoms with Crippen molar-refractivity contribution in [1.82, 2.24) is 10.2 Å². The zero-order valence-electron chi connectivity index (χ0n) is 19.0. The fourth-order valence-electron chi connectivity index (χ4n) is 3.79. The average Bonchev–Trinajstić information content (AvgIpc) is 3.21. The quantitative estimate of drug-likeness (QED) is 0.608. The first-order valence-corrected chi connectivity index (χ1v) is 10.5. The molecule has 0 saturated carbocycles. The third kappa shape index (κ3) is 5.43. The van der Waals surface area contributed by atoms with Crippen LogP contribution >= 0.6 is 0 Å². The number of nitrogens with one attached hydrogen (secondary N) is 1. The number of benzene rings is 2. The summed E-state index contributed by atoms with van der Waals surface area (Å²) < 4.78 is 21.1. The van der Waals surface area contributed by atoms with Crippen LogP contribution in [0.4, 0.5) is 0 Å². The molecule has 1 atom stereocenters. The molecule has 1 fully saturated rings. The molecule has 2 amide bonds. The van der Waals surface area contributed by atoms with Crippen molar-refractivity contribution in [2.24, 2.45) is 5.92 Å². The van der Waals surface area contributed by atoms with Gasteiger partial charge < -0.3 is 29.2 Å². The highest BCUT2D eigenvalue weighted by Gasteiger charge is 2.33. The summed E-state index contributed by atoms with van der Waals surface area (Å²) in [5, 5.41) is 2.93. The summed E-state index contributed by atoms with van der Waals surface area (Å²) in [6.07, 6.45) is 0.899. The molecule has 0 unspecified atom stereocenters. The van der Waals surface area contributed by atoms with Gasteiger partial charge in [-0.3, -0.25) is 9.59 Å². The summed E-state index contributed by atoms with van der Waals surface area (Å²) in [7, 11) is 6.34. The lowest BCUT2D eigenvalue weighted by Gasteiger charge is -2.17. The van der Waals surface area contributed by atoms with Gasteiger partial charge in [0.25, 0.3) is 0 Å². The molecule has 1 N–H and O–H groups in total. The van der Waals surface area contributed by atoms with Gasteiger partial charge in [-0.2, -0.15) is 0 Å². The normalized spacial score (nSPS) is 15.4. The van der Waals surface area contributed by atoms with Crippen molar-refractivity contribution < 1.29 is 28.5 Å². The van der Waals surface area contributed by atoms with E-state index in [9.17, 15) is 9.59 Å². The molecule has 8 nitrogen and oxygen atoms in total. The van der Waals surface area contributed by atoms with Gasteiger partial charge in [0.15, 0.2) is 23.0 Å². The molecule has 172 valence electrons.